The number of hydrogen-bond donors (Lipinski definition) is 1. The topological polar surface area (TPSA) is 92.8 Å². The van der Waals surface area contributed by atoms with Crippen LogP contribution in [0.5, 0.6) is 0 Å². The van der Waals surface area contributed by atoms with Crippen molar-refractivity contribution >= 4 is 62.5 Å². The van der Waals surface area contributed by atoms with Gasteiger partial charge in [0.15, 0.2) is 12.4 Å². The number of nitrogens with zero attached hydrogens (tertiary/aromatic N) is 1. The molecule has 0 bridgehead atoms. The zero-order valence-electron chi connectivity index (χ0n) is 18.4. The molecule has 0 radical (unpaired) electrons. The number of amides is 2. The predicted molar refractivity (Wildman–Crippen MR) is 136 cm³/mol. The highest BCUT2D eigenvalue weighted by atomic mass is 79.9. The fourth-order valence-electron chi connectivity index (χ4n) is 3.65. The molecule has 0 spiro atoms. The quantitative estimate of drug-likeness (QED) is 0.322. The van der Waals surface area contributed by atoms with Crippen molar-refractivity contribution in [2.75, 3.05) is 23.4 Å². The average Bonchev–Trinajstić information content (AvgIpc) is 3.25. The smallest absolute Gasteiger partial charge is 0.338 e. The number of hydrogen-bond acceptors (Lipinski definition) is 5. The van der Waals surface area contributed by atoms with Gasteiger partial charge in [-0.3, -0.25) is 14.4 Å². The molecule has 7 nitrogen and oxygen atoms in total. The molecular weight excluding hydrogens is 536 g/mol. The van der Waals surface area contributed by atoms with Crippen molar-refractivity contribution < 1.29 is 23.9 Å². The molecular formula is C26H20BrClN2O5. The van der Waals surface area contributed by atoms with Gasteiger partial charge in [-0.1, -0.05) is 51.8 Å². The van der Waals surface area contributed by atoms with E-state index in [1.165, 1.54) is 17.0 Å². The van der Waals surface area contributed by atoms with E-state index in [0.29, 0.717) is 22.0 Å². The van der Waals surface area contributed by atoms with Crippen LogP contribution in [0.3, 0.4) is 0 Å². The molecule has 0 unspecified atom stereocenters. The average molecular weight is 556 g/mol. The second-order valence-corrected chi connectivity index (χ2v) is 9.25. The number of Topliss-reactive ketones (excluding diaryl/α,β-unsaturated/α-hetero) is 1. The van der Waals surface area contributed by atoms with E-state index in [-0.39, 0.29) is 42.7 Å². The first kappa shape index (κ1) is 24.6. The third-order valence-corrected chi connectivity index (χ3v) is 6.38. The third-order valence-electron chi connectivity index (χ3n) is 5.53. The lowest BCUT2D eigenvalue weighted by molar-refractivity contribution is -0.122. The molecule has 1 aliphatic rings. The number of halogens is 2. The molecule has 0 aliphatic carbocycles. The molecule has 0 saturated carbocycles. The van der Waals surface area contributed by atoms with Crippen LogP contribution in [0.1, 0.15) is 27.1 Å². The minimum atomic E-state index is -0.648. The van der Waals surface area contributed by atoms with Gasteiger partial charge in [-0.15, -0.1) is 0 Å². The summed E-state index contributed by atoms with van der Waals surface area (Å²) in [7, 11) is 0. The lowest BCUT2D eigenvalue weighted by atomic mass is 10.1. The Morgan fingerprint density at radius 2 is 1.63 bits per heavy atom. The van der Waals surface area contributed by atoms with Gasteiger partial charge in [-0.25, -0.2) is 4.79 Å². The summed E-state index contributed by atoms with van der Waals surface area (Å²) in [5.74, 6) is -1.97. The first-order valence-corrected chi connectivity index (χ1v) is 11.9. The van der Waals surface area contributed by atoms with Crippen LogP contribution in [0, 0.1) is 5.92 Å². The number of esters is 1. The minimum Gasteiger partial charge on any atom is -0.454 e. The Hall–Kier alpha value is -3.49. The molecule has 3 aromatic rings. The predicted octanol–water partition coefficient (Wildman–Crippen LogP) is 5.13. The number of ether oxygens (including phenoxy) is 1. The van der Waals surface area contributed by atoms with Crippen molar-refractivity contribution in [2.45, 2.75) is 6.42 Å². The maximum absolute atomic E-state index is 12.7. The normalized spacial score (nSPS) is 15.1. The van der Waals surface area contributed by atoms with Gasteiger partial charge in [0, 0.05) is 28.7 Å². The third kappa shape index (κ3) is 5.96. The second-order valence-electron chi connectivity index (χ2n) is 7.93. The van der Waals surface area contributed by atoms with Gasteiger partial charge < -0.3 is 15.0 Å². The van der Waals surface area contributed by atoms with Gasteiger partial charge >= 0.3 is 5.97 Å². The number of anilines is 2. The zero-order chi connectivity index (χ0) is 24.9. The number of rotatable bonds is 7. The van der Waals surface area contributed by atoms with E-state index in [1.807, 2.05) is 0 Å². The van der Waals surface area contributed by atoms with Crippen LogP contribution in [0.25, 0.3) is 0 Å². The first-order chi connectivity index (χ1) is 16.8. The van der Waals surface area contributed by atoms with Crippen molar-refractivity contribution in [3.63, 3.8) is 0 Å². The zero-order valence-corrected chi connectivity index (χ0v) is 20.7. The van der Waals surface area contributed by atoms with Crippen molar-refractivity contribution in [3.05, 3.63) is 93.4 Å². The van der Waals surface area contributed by atoms with E-state index in [9.17, 15) is 19.2 Å². The van der Waals surface area contributed by atoms with Crippen LogP contribution in [0.4, 0.5) is 11.4 Å². The summed E-state index contributed by atoms with van der Waals surface area (Å²) >= 11 is 9.49. The molecule has 4 rings (SSSR count). The highest BCUT2D eigenvalue weighted by Crippen LogP contribution is 2.31. The number of benzene rings is 3. The molecule has 3 aromatic carbocycles. The SMILES string of the molecule is O=C(COC(=O)c1ccc(NC(=O)[C@H]2CC(=O)N(c3ccccc3Cl)C2)cc1)c1ccc(Br)cc1. The van der Waals surface area contributed by atoms with Crippen LogP contribution in [0.2, 0.25) is 5.02 Å². The monoisotopic (exact) mass is 554 g/mol. The van der Waals surface area contributed by atoms with Gasteiger partial charge in [-0.05, 0) is 48.5 Å². The van der Waals surface area contributed by atoms with Crippen LogP contribution in [-0.4, -0.2) is 36.7 Å². The first-order valence-electron chi connectivity index (χ1n) is 10.7. The summed E-state index contributed by atoms with van der Waals surface area (Å²) < 4.78 is 5.95. The Kier molecular flexibility index (Phi) is 7.63. The summed E-state index contributed by atoms with van der Waals surface area (Å²) in [5.41, 5.74) is 1.74. The molecule has 0 aromatic heterocycles. The van der Waals surface area contributed by atoms with E-state index in [1.54, 1.807) is 60.7 Å². The lowest BCUT2D eigenvalue weighted by Gasteiger charge is -2.18. The maximum atomic E-state index is 12.7. The molecule has 1 heterocycles. The Bertz CT molecular complexity index is 1280. The Morgan fingerprint density at radius 3 is 2.31 bits per heavy atom. The maximum Gasteiger partial charge on any atom is 0.338 e. The molecule has 9 heteroatoms. The van der Waals surface area contributed by atoms with Crippen molar-refractivity contribution in [2.24, 2.45) is 5.92 Å². The number of nitrogens with one attached hydrogen (secondary N) is 1. The number of carbonyl (C=O) groups excluding carboxylic acids is 4. The Labute approximate surface area is 215 Å². The van der Waals surface area contributed by atoms with Crippen molar-refractivity contribution in [1.82, 2.24) is 0 Å². The van der Waals surface area contributed by atoms with Gasteiger partial charge in [0.25, 0.3) is 0 Å². The molecule has 1 saturated heterocycles. The van der Waals surface area contributed by atoms with Crippen LogP contribution in [-0.2, 0) is 14.3 Å². The van der Waals surface area contributed by atoms with Crippen LogP contribution >= 0.6 is 27.5 Å². The molecule has 1 N–H and O–H groups in total. The summed E-state index contributed by atoms with van der Waals surface area (Å²) in [6, 6.07) is 19.9. The molecule has 178 valence electrons. The summed E-state index contributed by atoms with van der Waals surface area (Å²) in [6.45, 7) is -0.151. The number of carbonyl (C=O) groups is 4. The summed E-state index contributed by atoms with van der Waals surface area (Å²) in [4.78, 5) is 51.1. The molecule has 35 heavy (non-hydrogen) atoms. The Morgan fingerprint density at radius 1 is 0.971 bits per heavy atom. The standard InChI is InChI=1S/C26H20BrClN2O5/c27-19-9-5-16(6-10-19)23(31)15-35-26(34)17-7-11-20(12-8-17)29-25(33)18-13-24(32)30(14-18)22-4-2-1-3-21(22)28/h1-12,18H,13-15H2,(H,29,33)/t18-/m0/s1. The van der Waals surface area contributed by atoms with E-state index >= 15 is 0 Å². The summed E-state index contributed by atoms with van der Waals surface area (Å²) in [5, 5.41) is 3.22. The summed E-state index contributed by atoms with van der Waals surface area (Å²) in [6.07, 6.45) is 0.0772. The molecule has 1 fully saturated rings. The van der Waals surface area contributed by atoms with E-state index in [4.69, 9.17) is 16.3 Å². The molecule has 2 amide bonds. The minimum absolute atomic E-state index is 0.0772. The largest absolute Gasteiger partial charge is 0.454 e. The van der Waals surface area contributed by atoms with Gasteiger partial charge in [-0.2, -0.15) is 0 Å². The van der Waals surface area contributed by atoms with E-state index in [0.717, 1.165) is 4.47 Å². The van der Waals surface area contributed by atoms with Crippen LogP contribution in [0.15, 0.2) is 77.3 Å². The number of ketones is 1. The van der Waals surface area contributed by atoms with Crippen molar-refractivity contribution in [1.29, 1.82) is 0 Å². The van der Waals surface area contributed by atoms with E-state index < -0.39 is 11.9 Å². The van der Waals surface area contributed by atoms with E-state index in [2.05, 4.69) is 21.2 Å². The molecule has 1 atom stereocenters. The van der Waals surface area contributed by atoms with Gasteiger partial charge in [0.2, 0.25) is 11.8 Å². The number of para-hydroxylation sites is 1. The second kappa shape index (κ2) is 10.8. The lowest BCUT2D eigenvalue weighted by Crippen LogP contribution is -2.28. The highest BCUT2D eigenvalue weighted by molar-refractivity contribution is 9.10. The van der Waals surface area contributed by atoms with Crippen LogP contribution < -0.4 is 10.2 Å². The Balaban J connectivity index is 1.31. The fraction of sp³-hybridized carbons (Fsp3) is 0.154. The molecule has 1 aliphatic heterocycles. The van der Waals surface area contributed by atoms with Crippen molar-refractivity contribution in [3.8, 4) is 0 Å². The van der Waals surface area contributed by atoms with Gasteiger partial charge in [0.05, 0.1) is 22.2 Å². The highest BCUT2D eigenvalue weighted by Gasteiger charge is 2.35. The van der Waals surface area contributed by atoms with Gasteiger partial charge in [0.1, 0.15) is 0 Å². The fourth-order valence-corrected chi connectivity index (χ4v) is 4.16.